The largest absolute Gasteiger partial charge is 0.482 e. The number of ether oxygens (including phenoxy) is 2. The Balaban J connectivity index is 1.96. The number of ketones is 1. The molecule has 0 aliphatic rings. The van der Waals surface area contributed by atoms with Crippen LogP contribution in [-0.2, 0) is 9.53 Å². The smallest absolute Gasteiger partial charge is 0.343 e. The highest BCUT2D eigenvalue weighted by Gasteiger charge is 2.05. The normalized spacial score (nSPS) is 10.9. The predicted molar refractivity (Wildman–Crippen MR) is 97.8 cm³/mol. The maximum Gasteiger partial charge on any atom is 0.343 e. The van der Waals surface area contributed by atoms with E-state index in [-0.39, 0.29) is 12.4 Å². The van der Waals surface area contributed by atoms with Crippen molar-refractivity contribution in [3.63, 3.8) is 0 Å². The minimum absolute atomic E-state index is 0.0903. The lowest BCUT2D eigenvalue weighted by molar-refractivity contribution is -0.142. The van der Waals surface area contributed by atoms with Gasteiger partial charge in [-0.05, 0) is 47.4 Å². The Labute approximate surface area is 148 Å². The zero-order valence-electron chi connectivity index (χ0n) is 14.7. The first-order chi connectivity index (χ1) is 12.0. The summed E-state index contributed by atoms with van der Waals surface area (Å²) in [5, 5.41) is 0. The summed E-state index contributed by atoms with van der Waals surface area (Å²) in [5.74, 6) is 0.453. The molecule has 0 bridgehead atoms. The minimum Gasteiger partial charge on any atom is -0.482 e. The van der Waals surface area contributed by atoms with Gasteiger partial charge in [-0.1, -0.05) is 44.2 Å². The molecule has 0 atom stereocenters. The van der Waals surface area contributed by atoms with Crippen molar-refractivity contribution in [1.29, 1.82) is 0 Å². The SMILES string of the molecule is COC(=O)COc1ccc(C(=O)C=Cc2ccc(C(C)C)cc2)cc1. The maximum absolute atomic E-state index is 12.2. The van der Waals surface area contributed by atoms with Crippen molar-refractivity contribution in [3.05, 3.63) is 71.3 Å². The molecule has 0 spiro atoms. The van der Waals surface area contributed by atoms with Gasteiger partial charge in [0.15, 0.2) is 12.4 Å². The van der Waals surface area contributed by atoms with Crippen LogP contribution in [0.1, 0.15) is 41.3 Å². The standard InChI is InChI=1S/C21H22O4/c1-15(2)17-7-4-16(5-8-17)6-13-20(22)18-9-11-19(12-10-18)25-14-21(23)24-3/h4-13,15H,14H2,1-3H3. The first-order valence-corrected chi connectivity index (χ1v) is 8.11. The van der Waals surface area contributed by atoms with E-state index < -0.39 is 5.97 Å². The van der Waals surface area contributed by atoms with Gasteiger partial charge in [0.2, 0.25) is 0 Å². The zero-order valence-corrected chi connectivity index (χ0v) is 14.7. The molecule has 0 radical (unpaired) electrons. The van der Waals surface area contributed by atoms with Crippen LogP contribution in [0.15, 0.2) is 54.6 Å². The van der Waals surface area contributed by atoms with Gasteiger partial charge >= 0.3 is 5.97 Å². The van der Waals surface area contributed by atoms with E-state index in [0.29, 0.717) is 17.2 Å². The fourth-order valence-corrected chi connectivity index (χ4v) is 2.18. The molecule has 0 aliphatic heterocycles. The first kappa shape index (κ1) is 18.5. The van der Waals surface area contributed by atoms with Gasteiger partial charge < -0.3 is 9.47 Å². The van der Waals surface area contributed by atoms with Gasteiger partial charge in [0.25, 0.3) is 0 Å². The average Bonchev–Trinajstić information content (AvgIpc) is 2.64. The number of methoxy groups -OCH3 is 1. The molecule has 0 fully saturated rings. The molecule has 0 saturated carbocycles. The van der Waals surface area contributed by atoms with Gasteiger partial charge in [0, 0.05) is 5.56 Å². The molecule has 0 aliphatic carbocycles. The van der Waals surface area contributed by atoms with E-state index in [1.165, 1.54) is 12.7 Å². The summed E-state index contributed by atoms with van der Waals surface area (Å²) in [6.45, 7) is 4.13. The second kappa shape index (κ2) is 8.83. The Hall–Kier alpha value is -2.88. The van der Waals surface area contributed by atoms with E-state index in [1.807, 2.05) is 12.1 Å². The van der Waals surface area contributed by atoms with Crippen LogP contribution in [0.2, 0.25) is 0 Å². The number of allylic oxidation sites excluding steroid dienone is 1. The van der Waals surface area contributed by atoms with Crippen LogP contribution in [0.4, 0.5) is 0 Å². The molecular weight excluding hydrogens is 316 g/mol. The van der Waals surface area contributed by atoms with Crippen LogP contribution in [0.3, 0.4) is 0 Å². The van der Waals surface area contributed by atoms with Crippen LogP contribution >= 0.6 is 0 Å². The second-order valence-corrected chi connectivity index (χ2v) is 5.91. The third-order valence-electron chi connectivity index (χ3n) is 3.75. The molecule has 4 heteroatoms. The Kier molecular flexibility index (Phi) is 6.52. The number of rotatable bonds is 7. The van der Waals surface area contributed by atoms with Crippen molar-refractivity contribution in [3.8, 4) is 5.75 Å². The van der Waals surface area contributed by atoms with Crippen LogP contribution in [-0.4, -0.2) is 25.5 Å². The highest BCUT2D eigenvalue weighted by Crippen LogP contribution is 2.16. The molecule has 2 aromatic rings. The summed E-state index contributed by atoms with van der Waals surface area (Å²) in [5.41, 5.74) is 2.81. The number of hydrogen-bond acceptors (Lipinski definition) is 4. The molecule has 0 heterocycles. The quantitative estimate of drug-likeness (QED) is 0.430. The zero-order chi connectivity index (χ0) is 18.2. The highest BCUT2D eigenvalue weighted by atomic mass is 16.6. The molecule has 0 amide bonds. The van der Waals surface area contributed by atoms with Crippen LogP contribution in [0.5, 0.6) is 5.75 Å². The molecule has 2 rings (SSSR count). The van der Waals surface area contributed by atoms with E-state index in [4.69, 9.17) is 4.74 Å². The van der Waals surface area contributed by atoms with Crippen LogP contribution < -0.4 is 4.74 Å². The Morgan fingerprint density at radius 1 is 1.00 bits per heavy atom. The van der Waals surface area contributed by atoms with Gasteiger partial charge in [-0.3, -0.25) is 4.79 Å². The molecular formula is C21H22O4. The van der Waals surface area contributed by atoms with E-state index in [9.17, 15) is 9.59 Å². The van der Waals surface area contributed by atoms with Gasteiger partial charge in [0.05, 0.1) is 7.11 Å². The minimum atomic E-state index is -0.452. The third kappa shape index (κ3) is 5.60. The number of carbonyl (C=O) groups is 2. The molecule has 0 N–H and O–H groups in total. The van der Waals surface area contributed by atoms with E-state index in [2.05, 4.69) is 30.7 Å². The highest BCUT2D eigenvalue weighted by molar-refractivity contribution is 6.06. The fourth-order valence-electron chi connectivity index (χ4n) is 2.18. The van der Waals surface area contributed by atoms with Gasteiger partial charge in [0.1, 0.15) is 5.75 Å². The molecule has 25 heavy (non-hydrogen) atoms. The second-order valence-electron chi connectivity index (χ2n) is 5.91. The lowest BCUT2D eigenvalue weighted by Gasteiger charge is -2.05. The monoisotopic (exact) mass is 338 g/mol. The van der Waals surface area contributed by atoms with Crippen molar-refractivity contribution in [2.75, 3.05) is 13.7 Å². The summed E-state index contributed by atoms with van der Waals surface area (Å²) >= 11 is 0. The van der Waals surface area contributed by atoms with Crippen molar-refractivity contribution >= 4 is 17.8 Å². The molecule has 0 saturated heterocycles. The molecule has 0 aromatic heterocycles. The topological polar surface area (TPSA) is 52.6 Å². The molecule has 130 valence electrons. The summed E-state index contributed by atoms with van der Waals surface area (Å²) in [6, 6.07) is 14.8. The number of hydrogen-bond donors (Lipinski definition) is 0. The van der Waals surface area contributed by atoms with Gasteiger partial charge in [-0.15, -0.1) is 0 Å². The van der Waals surface area contributed by atoms with Crippen molar-refractivity contribution in [1.82, 2.24) is 0 Å². The number of esters is 1. The summed E-state index contributed by atoms with van der Waals surface area (Å²) < 4.78 is 9.75. The van der Waals surface area contributed by atoms with Gasteiger partial charge in [-0.2, -0.15) is 0 Å². The predicted octanol–water partition coefficient (Wildman–Crippen LogP) is 4.26. The molecule has 4 nitrogen and oxygen atoms in total. The lowest BCUT2D eigenvalue weighted by atomic mass is 10.0. The van der Waals surface area contributed by atoms with E-state index in [0.717, 1.165) is 5.56 Å². The Morgan fingerprint density at radius 3 is 2.20 bits per heavy atom. The Morgan fingerprint density at radius 2 is 1.64 bits per heavy atom. The molecule has 0 unspecified atom stereocenters. The summed E-state index contributed by atoms with van der Waals surface area (Å²) in [4.78, 5) is 23.2. The maximum atomic E-state index is 12.2. The van der Waals surface area contributed by atoms with Gasteiger partial charge in [-0.25, -0.2) is 4.79 Å². The van der Waals surface area contributed by atoms with Crippen molar-refractivity contribution in [2.24, 2.45) is 0 Å². The summed E-state index contributed by atoms with van der Waals surface area (Å²) in [6.07, 6.45) is 3.35. The summed E-state index contributed by atoms with van der Waals surface area (Å²) in [7, 11) is 1.30. The number of carbonyl (C=O) groups excluding carboxylic acids is 2. The lowest BCUT2D eigenvalue weighted by Crippen LogP contribution is -2.12. The Bertz CT molecular complexity index is 740. The van der Waals surface area contributed by atoms with Crippen molar-refractivity contribution < 1.29 is 19.1 Å². The number of benzene rings is 2. The third-order valence-corrected chi connectivity index (χ3v) is 3.75. The van der Waals surface area contributed by atoms with Crippen molar-refractivity contribution in [2.45, 2.75) is 19.8 Å². The first-order valence-electron chi connectivity index (χ1n) is 8.11. The van der Waals surface area contributed by atoms with E-state index >= 15 is 0 Å². The van der Waals surface area contributed by atoms with Crippen LogP contribution in [0.25, 0.3) is 6.08 Å². The average molecular weight is 338 g/mol. The fraction of sp³-hybridized carbons (Fsp3) is 0.238. The molecule has 2 aromatic carbocycles. The van der Waals surface area contributed by atoms with Crippen LogP contribution in [0, 0.1) is 0 Å². The van der Waals surface area contributed by atoms with E-state index in [1.54, 1.807) is 36.4 Å².